The fraction of sp³-hybridized carbons (Fsp3) is 0.429. The number of nitriles is 3. The Morgan fingerprint density at radius 2 is 1.89 bits per heavy atom. The van der Waals surface area contributed by atoms with Crippen molar-refractivity contribution in [1.29, 1.82) is 21.2 Å². The highest BCUT2D eigenvalue weighted by atomic mass is 35.5. The average molecular weight is 378 g/mol. The normalized spacial score (nSPS) is 26.9. The molecule has 5 nitrogen and oxygen atoms in total. The number of halogens is 1. The Hall–Kier alpha value is -2.65. The molecule has 0 saturated heterocycles. The van der Waals surface area contributed by atoms with Crippen LogP contribution >= 0.6 is 11.6 Å². The standard InChI is InChI=1S/C21H20ClN5/c1-2-8-27-9-7-16-17(10-23)20(26)21(12-24,13-25)19(18(16)11-27)14-3-5-15(22)6-4-14/h3-7,17-19,26H,2,8-9,11H2,1H3/t17?,18-,19+/m1/s1. The molecule has 1 unspecified atom stereocenters. The Balaban J connectivity index is 2.20. The van der Waals surface area contributed by atoms with E-state index in [2.05, 4.69) is 30.0 Å². The Kier molecular flexibility index (Phi) is 5.33. The third-order valence-corrected chi connectivity index (χ3v) is 5.89. The lowest BCUT2D eigenvalue weighted by molar-refractivity contribution is 0.204. The fourth-order valence-electron chi connectivity index (χ4n) is 4.41. The summed E-state index contributed by atoms with van der Waals surface area (Å²) >= 11 is 6.03. The first-order chi connectivity index (χ1) is 13.0. The minimum Gasteiger partial charge on any atom is -0.305 e. The number of fused-ring (bicyclic) bond motifs is 1. The zero-order valence-corrected chi connectivity index (χ0v) is 15.9. The SMILES string of the molecule is CCCN1CC=C2C(C#N)C(=N)C(C#N)(C#N)[C@@H](c3ccc(Cl)cc3)[C@@H]2C1. The van der Waals surface area contributed by atoms with Gasteiger partial charge < -0.3 is 5.41 Å². The number of hydrogen-bond donors (Lipinski definition) is 1. The van der Waals surface area contributed by atoms with E-state index >= 15 is 0 Å². The first kappa shape index (κ1) is 19.1. The van der Waals surface area contributed by atoms with Crippen LogP contribution in [0, 0.1) is 56.7 Å². The molecular weight excluding hydrogens is 358 g/mol. The lowest BCUT2D eigenvalue weighted by Gasteiger charge is -2.47. The second-order valence-corrected chi connectivity index (χ2v) is 7.54. The van der Waals surface area contributed by atoms with Gasteiger partial charge in [-0.05, 0) is 36.2 Å². The van der Waals surface area contributed by atoms with Crippen molar-refractivity contribution < 1.29 is 0 Å². The molecule has 1 aliphatic heterocycles. The first-order valence-corrected chi connectivity index (χ1v) is 9.39. The van der Waals surface area contributed by atoms with Crippen molar-refractivity contribution >= 4 is 17.3 Å². The van der Waals surface area contributed by atoms with Gasteiger partial charge in [0.25, 0.3) is 0 Å². The van der Waals surface area contributed by atoms with E-state index in [1.165, 1.54) is 0 Å². The topological polar surface area (TPSA) is 98.5 Å². The van der Waals surface area contributed by atoms with Crippen molar-refractivity contribution in [3.63, 3.8) is 0 Å². The summed E-state index contributed by atoms with van der Waals surface area (Å²) in [7, 11) is 0. The first-order valence-electron chi connectivity index (χ1n) is 9.01. The number of hydrogen-bond acceptors (Lipinski definition) is 5. The van der Waals surface area contributed by atoms with Crippen molar-refractivity contribution in [2.75, 3.05) is 19.6 Å². The highest BCUT2D eigenvalue weighted by molar-refractivity contribution is 6.30. The van der Waals surface area contributed by atoms with E-state index in [4.69, 9.17) is 17.0 Å². The number of nitrogens with one attached hydrogen (secondary N) is 1. The predicted octanol–water partition coefficient (Wildman–Crippen LogP) is 3.90. The summed E-state index contributed by atoms with van der Waals surface area (Å²) in [5.74, 6) is -1.49. The van der Waals surface area contributed by atoms with Crippen LogP contribution in [0.4, 0.5) is 0 Å². The Morgan fingerprint density at radius 3 is 2.44 bits per heavy atom. The van der Waals surface area contributed by atoms with Gasteiger partial charge in [0.2, 0.25) is 0 Å². The molecule has 3 rings (SSSR count). The van der Waals surface area contributed by atoms with Gasteiger partial charge >= 0.3 is 0 Å². The van der Waals surface area contributed by atoms with Crippen LogP contribution in [0.25, 0.3) is 0 Å². The van der Waals surface area contributed by atoms with Crippen LogP contribution in [0.2, 0.25) is 5.02 Å². The molecule has 0 aromatic heterocycles. The molecule has 0 amide bonds. The van der Waals surface area contributed by atoms with Crippen LogP contribution in [-0.2, 0) is 0 Å². The van der Waals surface area contributed by atoms with E-state index in [-0.39, 0.29) is 11.6 Å². The summed E-state index contributed by atoms with van der Waals surface area (Å²) in [6.45, 7) is 4.42. The molecule has 1 aromatic rings. The molecule has 1 N–H and O–H groups in total. The van der Waals surface area contributed by atoms with Crippen LogP contribution in [-0.4, -0.2) is 30.2 Å². The predicted molar refractivity (Wildman–Crippen MR) is 103 cm³/mol. The maximum absolute atomic E-state index is 9.99. The smallest absolute Gasteiger partial charge is 0.189 e. The molecule has 0 radical (unpaired) electrons. The van der Waals surface area contributed by atoms with Crippen molar-refractivity contribution in [2.45, 2.75) is 19.3 Å². The zero-order chi connectivity index (χ0) is 19.6. The van der Waals surface area contributed by atoms with Crippen molar-refractivity contribution in [2.24, 2.45) is 17.3 Å². The van der Waals surface area contributed by atoms with Crippen LogP contribution in [0.3, 0.4) is 0 Å². The second kappa shape index (κ2) is 7.53. The molecule has 1 heterocycles. The molecule has 1 fully saturated rings. The van der Waals surface area contributed by atoms with Crippen LogP contribution in [0.1, 0.15) is 24.8 Å². The largest absolute Gasteiger partial charge is 0.305 e. The van der Waals surface area contributed by atoms with Crippen LogP contribution in [0.5, 0.6) is 0 Å². The maximum Gasteiger partial charge on any atom is 0.189 e. The van der Waals surface area contributed by atoms with Gasteiger partial charge in [-0.15, -0.1) is 0 Å². The number of nitrogens with zero attached hydrogens (tertiary/aromatic N) is 4. The summed E-state index contributed by atoms with van der Waals surface area (Å²) < 4.78 is 0. The van der Waals surface area contributed by atoms with Crippen LogP contribution < -0.4 is 0 Å². The van der Waals surface area contributed by atoms with Gasteiger partial charge in [0, 0.05) is 29.9 Å². The monoisotopic (exact) mass is 377 g/mol. The molecular formula is C21H20ClN5. The highest BCUT2D eigenvalue weighted by Gasteiger charge is 2.57. The summed E-state index contributed by atoms with van der Waals surface area (Å²) in [5, 5.41) is 38.8. The van der Waals surface area contributed by atoms with Gasteiger partial charge in [0.05, 0.1) is 23.9 Å². The minimum absolute atomic E-state index is 0.110. The molecule has 136 valence electrons. The third-order valence-electron chi connectivity index (χ3n) is 5.63. The van der Waals surface area contributed by atoms with E-state index in [0.717, 1.165) is 30.6 Å². The van der Waals surface area contributed by atoms with E-state index < -0.39 is 17.3 Å². The van der Waals surface area contributed by atoms with Gasteiger partial charge in [0.1, 0.15) is 5.92 Å². The molecule has 27 heavy (non-hydrogen) atoms. The van der Waals surface area contributed by atoms with Gasteiger partial charge in [-0.2, -0.15) is 15.8 Å². The lowest BCUT2D eigenvalue weighted by atomic mass is 9.54. The van der Waals surface area contributed by atoms with E-state index in [1.54, 1.807) is 12.1 Å². The zero-order valence-electron chi connectivity index (χ0n) is 15.1. The second-order valence-electron chi connectivity index (χ2n) is 7.11. The summed E-state index contributed by atoms with van der Waals surface area (Å²) in [4.78, 5) is 2.28. The van der Waals surface area contributed by atoms with Gasteiger partial charge in [0.15, 0.2) is 5.41 Å². The summed E-state index contributed by atoms with van der Waals surface area (Å²) in [6, 6.07) is 13.5. The molecule has 1 saturated carbocycles. The maximum atomic E-state index is 9.99. The molecule has 2 aliphatic rings. The van der Waals surface area contributed by atoms with E-state index in [9.17, 15) is 15.8 Å². The molecule has 0 bridgehead atoms. The van der Waals surface area contributed by atoms with E-state index in [0.29, 0.717) is 11.6 Å². The Morgan fingerprint density at radius 1 is 1.22 bits per heavy atom. The molecule has 1 aromatic carbocycles. The lowest BCUT2D eigenvalue weighted by Crippen LogP contribution is -2.52. The quantitative estimate of drug-likeness (QED) is 0.807. The summed E-state index contributed by atoms with van der Waals surface area (Å²) in [5.41, 5.74) is -0.0962. The van der Waals surface area contributed by atoms with Gasteiger partial charge in [-0.25, -0.2) is 0 Å². The van der Waals surface area contributed by atoms with Gasteiger partial charge in [-0.1, -0.05) is 36.7 Å². The molecule has 3 atom stereocenters. The fourth-order valence-corrected chi connectivity index (χ4v) is 4.54. The Bertz CT molecular complexity index is 882. The van der Waals surface area contributed by atoms with Crippen molar-refractivity contribution in [3.8, 4) is 18.2 Å². The molecule has 1 aliphatic carbocycles. The molecule has 0 spiro atoms. The Labute approximate surface area is 164 Å². The number of benzene rings is 1. The van der Waals surface area contributed by atoms with Crippen LogP contribution in [0.15, 0.2) is 35.9 Å². The van der Waals surface area contributed by atoms with E-state index in [1.807, 2.05) is 18.2 Å². The van der Waals surface area contributed by atoms with Crippen molar-refractivity contribution in [1.82, 2.24) is 4.90 Å². The summed E-state index contributed by atoms with van der Waals surface area (Å²) in [6.07, 6.45) is 3.02. The highest BCUT2D eigenvalue weighted by Crippen LogP contribution is 2.53. The average Bonchev–Trinajstić information content (AvgIpc) is 2.68. The number of rotatable bonds is 3. The third kappa shape index (κ3) is 3.02. The van der Waals surface area contributed by atoms with Gasteiger partial charge in [-0.3, -0.25) is 4.90 Å². The van der Waals surface area contributed by atoms with Crippen molar-refractivity contribution in [3.05, 3.63) is 46.5 Å². The minimum atomic E-state index is -1.66. The molecule has 6 heteroatoms.